The van der Waals surface area contributed by atoms with Crippen LogP contribution in [0.2, 0.25) is 0 Å². The molecule has 6 rings (SSSR count). The van der Waals surface area contributed by atoms with Crippen LogP contribution in [0, 0.1) is 0 Å². The van der Waals surface area contributed by atoms with Crippen molar-refractivity contribution in [2.45, 2.75) is 13.0 Å². The Morgan fingerprint density at radius 2 is 1.72 bits per heavy atom. The molecule has 9 nitrogen and oxygen atoms in total. The maximum absolute atomic E-state index is 5.54. The molecule has 1 aromatic carbocycles. The summed E-state index contributed by atoms with van der Waals surface area (Å²) in [6.07, 6.45) is 4.77. The summed E-state index contributed by atoms with van der Waals surface area (Å²) in [5.74, 6) is 0.743. The lowest BCUT2D eigenvalue weighted by Gasteiger charge is -2.27. The van der Waals surface area contributed by atoms with Gasteiger partial charge in [0.1, 0.15) is 0 Å². The lowest BCUT2D eigenvalue weighted by Crippen LogP contribution is -2.38. The molecular formula is C23H27N7O2. The lowest BCUT2D eigenvalue weighted by atomic mass is 10.0. The molecule has 0 N–H and O–H groups in total. The fourth-order valence-corrected chi connectivity index (χ4v) is 4.54. The van der Waals surface area contributed by atoms with E-state index in [9.17, 15) is 0 Å². The Balaban J connectivity index is 1.39. The molecule has 3 aliphatic heterocycles. The predicted molar refractivity (Wildman–Crippen MR) is 123 cm³/mol. The van der Waals surface area contributed by atoms with Gasteiger partial charge in [-0.3, -0.25) is 9.89 Å². The summed E-state index contributed by atoms with van der Waals surface area (Å²) in [6, 6.07) is 6.43. The van der Waals surface area contributed by atoms with Gasteiger partial charge in [-0.2, -0.15) is 10.1 Å². The maximum atomic E-state index is 5.54. The highest BCUT2D eigenvalue weighted by atomic mass is 16.5. The number of anilines is 1. The van der Waals surface area contributed by atoms with Crippen LogP contribution in [-0.4, -0.2) is 90.0 Å². The van der Waals surface area contributed by atoms with Crippen LogP contribution in [0.25, 0.3) is 22.3 Å². The molecule has 0 saturated carbocycles. The Hall–Kier alpha value is -2.88. The third kappa shape index (κ3) is 3.76. The van der Waals surface area contributed by atoms with Crippen LogP contribution in [0.5, 0.6) is 0 Å². The standard InChI is InChI=1S/C23H27N7O2/c1-2-18(15-20-17(1)3-4-24-20)21-19-16-25-30(6-5-28-7-11-31-12-8-28)22(19)27-23(26-21)29-9-13-32-14-10-29/h1-2,4,15-16H,3,5-14H2. The zero-order valence-electron chi connectivity index (χ0n) is 18.1. The highest BCUT2D eigenvalue weighted by Gasteiger charge is 2.21. The summed E-state index contributed by atoms with van der Waals surface area (Å²) in [5, 5.41) is 5.69. The second kappa shape index (κ2) is 8.57. The first kappa shape index (κ1) is 19.8. The first-order chi connectivity index (χ1) is 15.8. The number of aromatic nitrogens is 4. The molecule has 32 heavy (non-hydrogen) atoms. The smallest absolute Gasteiger partial charge is 0.228 e. The van der Waals surface area contributed by atoms with Gasteiger partial charge < -0.3 is 14.4 Å². The first-order valence-corrected chi connectivity index (χ1v) is 11.4. The van der Waals surface area contributed by atoms with Crippen LogP contribution in [-0.2, 0) is 22.4 Å². The van der Waals surface area contributed by atoms with E-state index in [2.05, 4.69) is 33.0 Å². The van der Waals surface area contributed by atoms with Crippen LogP contribution >= 0.6 is 0 Å². The number of benzene rings is 1. The van der Waals surface area contributed by atoms with Crippen molar-refractivity contribution in [3.05, 3.63) is 30.0 Å². The van der Waals surface area contributed by atoms with Gasteiger partial charge in [0.15, 0.2) is 5.65 Å². The number of ether oxygens (including phenoxy) is 2. The van der Waals surface area contributed by atoms with Crippen LogP contribution in [0.3, 0.4) is 0 Å². The Morgan fingerprint density at radius 1 is 0.906 bits per heavy atom. The molecule has 166 valence electrons. The van der Waals surface area contributed by atoms with E-state index in [1.54, 1.807) is 0 Å². The molecule has 9 heteroatoms. The van der Waals surface area contributed by atoms with E-state index in [0.717, 1.165) is 92.8 Å². The van der Waals surface area contributed by atoms with Gasteiger partial charge in [0.2, 0.25) is 5.95 Å². The molecule has 0 atom stereocenters. The minimum Gasteiger partial charge on any atom is -0.379 e. The number of fused-ring (bicyclic) bond motifs is 2. The number of hydrogen-bond acceptors (Lipinski definition) is 8. The Kier molecular flexibility index (Phi) is 5.30. The van der Waals surface area contributed by atoms with E-state index in [1.807, 2.05) is 17.1 Å². The van der Waals surface area contributed by atoms with Crippen LogP contribution in [0.1, 0.15) is 5.56 Å². The second-order valence-electron chi connectivity index (χ2n) is 8.39. The fraction of sp³-hybridized carbons (Fsp3) is 0.478. The normalized spacial score (nSPS) is 19.1. The van der Waals surface area contributed by atoms with Crippen LogP contribution in [0.4, 0.5) is 11.6 Å². The van der Waals surface area contributed by atoms with Crippen molar-refractivity contribution < 1.29 is 9.47 Å². The Labute approximate surface area is 186 Å². The van der Waals surface area contributed by atoms with Crippen molar-refractivity contribution in [3.63, 3.8) is 0 Å². The van der Waals surface area contributed by atoms with Gasteiger partial charge in [0.05, 0.1) is 55.9 Å². The minimum atomic E-state index is 0.695. The summed E-state index contributed by atoms with van der Waals surface area (Å²) >= 11 is 0. The van der Waals surface area contributed by atoms with E-state index in [-0.39, 0.29) is 0 Å². The first-order valence-electron chi connectivity index (χ1n) is 11.4. The van der Waals surface area contributed by atoms with Crippen molar-refractivity contribution in [3.8, 4) is 11.3 Å². The minimum absolute atomic E-state index is 0.695. The maximum Gasteiger partial charge on any atom is 0.228 e. The zero-order valence-corrected chi connectivity index (χ0v) is 18.1. The average molecular weight is 434 g/mol. The number of aliphatic imine (C=N–C) groups is 1. The van der Waals surface area contributed by atoms with Crippen molar-refractivity contribution in [1.29, 1.82) is 0 Å². The Bertz CT molecular complexity index is 1150. The molecule has 3 aromatic rings. The van der Waals surface area contributed by atoms with Gasteiger partial charge in [-0.25, -0.2) is 9.67 Å². The topological polar surface area (TPSA) is 80.9 Å². The van der Waals surface area contributed by atoms with E-state index < -0.39 is 0 Å². The van der Waals surface area contributed by atoms with Gasteiger partial charge in [-0.15, -0.1) is 0 Å². The van der Waals surface area contributed by atoms with Crippen LogP contribution < -0.4 is 4.90 Å². The van der Waals surface area contributed by atoms with E-state index in [1.165, 1.54) is 5.56 Å². The summed E-state index contributed by atoms with van der Waals surface area (Å²) in [7, 11) is 0. The molecule has 0 amide bonds. The third-order valence-corrected chi connectivity index (χ3v) is 6.41. The summed E-state index contributed by atoms with van der Waals surface area (Å²) in [4.78, 5) is 19.1. The number of nitrogens with zero attached hydrogens (tertiary/aromatic N) is 7. The molecule has 5 heterocycles. The van der Waals surface area contributed by atoms with E-state index >= 15 is 0 Å². The Morgan fingerprint density at radius 3 is 2.56 bits per heavy atom. The van der Waals surface area contributed by atoms with Crippen molar-refractivity contribution >= 4 is 28.9 Å². The van der Waals surface area contributed by atoms with Crippen molar-refractivity contribution in [2.75, 3.05) is 64.1 Å². The zero-order chi connectivity index (χ0) is 21.3. The second-order valence-corrected chi connectivity index (χ2v) is 8.39. The molecule has 0 aliphatic carbocycles. The molecule has 0 bridgehead atoms. The fourth-order valence-electron chi connectivity index (χ4n) is 4.54. The molecule has 2 aromatic heterocycles. The molecular weight excluding hydrogens is 406 g/mol. The highest BCUT2D eigenvalue weighted by Crippen LogP contribution is 2.33. The molecule has 0 radical (unpaired) electrons. The van der Waals surface area contributed by atoms with Gasteiger partial charge in [0.25, 0.3) is 0 Å². The summed E-state index contributed by atoms with van der Waals surface area (Å²) in [6.45, 7) is 8.23. The summed E-state index contributed by atoms with van der Waals surface area (Å²) < 4.78 is 13.0. The molecule has 2 saturated heterocycles. The number of hydrogen-bond donors (Lipinski definition) is 0. The summed E-state index contributed by atoms with van der Waals surface area (Å²) in [5.41, 5.74) is 5.14. The number of rotatable bonds is 5. The SMILES string of the molecule is C1=Nc2cc(-c3nc(N4CCOCC4)nc4c3cnn4CCN3CCOCC3)ccc2C1. The van der Waals surface area contributed by atoms with Gasteiger partial charge in [-0.1, -0.05) is 12.1 Å². The van der Waals surface area contributed by atoms with Gasteiger partial charge >= 0.3 is 0 Å². The lowest BCUT2D eigenvalue weighted by molar-refractivity contribution is 0.0361. The van der Waals surface area contributed by atoms with E-state index in [0.29, 0.717) is 13.2 Å². The quantitative estimate of drug-likeness (QED) is 0.608. The predicted octanol–water partition coefficient (Wildman–Crippen LogP) is 1.92. The molecule has 3 aliphatic rings. The highest BCUT2D eigenvalue weighted by molar-refractivity contribution is 5.92. The number of morpholine rings is 2. The largest absolute Gasteiger partial charge is 0.379 e. The third-order valence-electron chi connectivity index (χ3n) is 6.41. The van der Waals surface area contributed by atoms with Gasteiger partial charge in [0, 0.05) is 50.9 Å². The van der Waals surface area contributed by atoms with Gasteiger partial charge in [-0.05, 0) is 11.6 Å². The van der Waals surface area contributed by atoms with Crippen LogP contribution in [0.15, 0.2) is 29.4 Å². The molecule has 0 spiro atoms. The van der Waals surface area contributed by atoms with Crippen molar-refractivity contribution in [1.82, 2.24) is 24.6 Å². The van der Waals surface area contributed by atoms with Crippen molar-refractivity contribution in [2.24, 2.45) is 4.99 Å². The molecule has 0 unspecified atom stereocenters. The monoisotopic (exact) mass is 433 g/mol. The molecule has 2 fully saturated rings. The van der Waals surface area contributed by atoms with E-state index in [4.69, 9.17) is 24.5 Å². The average Bonchev–Trinajstić information content (AvgIpc) is 3.50.